The highest BCUT2D eigenvalue weighted by Gasteiger charge is 2.13. The SMILES string of the molecule is O=C(CCNc1ccccc1[N+](=O)[O-])Nc1cc(Br)ccc1-n1cccn1. The molecule has 3 rings (SSSR count). The van der Waals surface area contributed by atoms with Crippen molar-refractivity contribution in [2.75, 3.05) is 17.2 Å². The van der Waals surface area contributed by atoms with Gasteiger partial charge in [-0.15, -0.1) is 0 Å². The van der Waals surface area contributed by atoms with Crippen molar-refractivity contribution in [3.8, 4) is 5.69 Å². The fourth-order valence-electron chi connectivity index (χ4n) is 2.53. The molecule has 0 unspecified atom stereocenters. The fraction of sp³-hybridized carbons (Fsp3) is 0.111. The highest BCUT2D eigenvalue weighted by atomic mass is 79.9. The summed E-state index contributed by atoms with van der Waals surface area (Å²) in [5.74, 6) is -0.215. The number of para-hydroxylation sites is 2. The van der Waals surface area contributed by atoms with E-state index in [0.717, 1.165) is 10.2 Å². The first-order valence-corrected chi connectivity index (χ1v) is 8.90. The molecule has 0 saturated heterocycles. The third-order valence-corrected chi connectivity index (χ3v) is 4.25. The number of benzene rings is 2. The predicted molar refractivity (Wildman–Crippen MR) is 106 cm³/mol. The summed E-state index contributed by atoms with van der Waals surface area (Å²) in [6.45, 7) is 0.266. The molecule has 0 bridgehead atoms. The molecular formula is C18H16BrN5O3. The molecule has 1 heterocycles. The van der Waals surface area contributed by atoms with E-state index in [4.69, 9.17) is 0 Å². The number of nitrogens with zero attached hydrogens (tertiary/aromatic N) is 3. The summed E-state index contributed by atoms with van der Waals surface area (Å²) in [5, 5.41) is 21.0. The lowest BCUT2D eigenvalue weighted by molar-refractivity contribution is -0.384. The molecule has 2 aromatic carbocycles. The number of nitro groups is 1. The largest absolute Gasteiger partial charge is 0.379 e. The van der Waals surface area contributed by atoms with Crippen LogP contribution in [0.4, 0.5) is 17.1 Å². The maximum absolute atomic E-state index is 12.3. The number of carbonyl (C=O) groups is 1. The topological polar surface area (TPSA) is 102 Å². The van der Waals surface area contributed by atoms with E-state index in [9.17, 15) is 14.9 Å². The van der Waals surface area contributed by atoms with Crippen LogP contribution in [0.3, 0.4) is 0 Å². The summed E-state index contributed by atoms with van der Waals surface area (Å²) in [7, 11) is 0. The zero-order valence-electron chi connectivity index (χ0n) is 14.1. The van der Waals surface area contributed by atoms with Crippen LogP contribution in [-0.2, 0) is 4.79 Å². The molecule has 0 aliphatic carbocycles. The maximum atomic E-state index is 12.3. The molecule has 2 N–H and O–H groups in total. The molecule has 1 aromatic heterocycles. The third-order valence-electron chi connectivity index (χ3n) is 3.75. The van der Waals surface area contributed by atoms with Crippen molar-refractivity contribution in [2.45, 2.75) is 6.42 Å². The summed E-state index contributed by atoms with van der Waals surface area (Å²) in [4.78, 5) is 22.9. The number of hydrogen-bond donors (Lipinski definition) is 2. The second-order valence-electron chi connectivity index (χ2n) is 5.61. The van der Waals surface area contributed by atoms with E-state index in [-0.39, 0.29) is 24.6 Å². The molecule has 0 fully saturated rings. The monoisotopic (exact) mass is 429 g/mol. The second kappa shape index (κ2) is 8.45. The minimum Gasteiger partial charge on any atom is -0.379 e. The van der Waals surface area contributed by atoms with Crippen LogP contribution < -0.4 is 10.6 Å². The number of nitrogens with one attached hydrogen (secondary N) is 2. The van der Waals surface area contributed by atoms with Crippen molar-refractivity contribution in [3.05, 3.63) is 75.5 Å². The molecule has 0 aliphatic heterocycles. The average molecular weight is 430 g/mol. The fourth-order valence-corrected chi connectivity index (χ4v) is 2.89. The van der Waals surface area contributed by atoms with Gasteiger partial charge in [0, 0.05) is 35.9 Å². The normalized spacial score (nSPS) is 10.4. The molecule has 9 heteroatoms. The molecule has 8 nitrogen and oxygen atoms in total. The standard InChI is InChI=1S/C18H16BrN5O3/c19-13-6-7-16(23-11-3-9-21-23)15(12-13)22-18(25)8-10-20-14-4-1-2-5-17(14)24(26)27/h1-7,9,11-12,20H,8,10H2,(H,22,25). The van der Waals surface area contributed by atoms with Gasteiger partial charge < -0.3 is 10.6 Å². The number of carbonyl (C=O) groups excluding carboxylic acids is 1. The number of amides is 1. The third kappa shape index (κ3) is 4.70. The van der Waals surface area contributed by atoms with Crippen molar-refractivity contribution in [1.82, 2.24) is 9.78 Å². The Labute approximate surface area is 163 Å². The van der Waals surface area contributed by atoms with Crippen molar-refractivity contribution in [3.63, 3.8) is 0 Å². The Kier molecular flexibility index (Phi) is 5.82. The number of halogens is 1. The van der Waals surface area contributed by atoms with Gasteiger partial charge in [-0.1, -0.05) is 28.1 Å². The van der Waals surface area contributed by atoms with E-state index < -0.39 is 4.92 Å². The molecule has 0 saturated carbocycles. The summed E-state index contributed by atoms with van der Waals surface area (Å²) >= 11 is 3.40. The van der Waals surface area contributed by atoms with E-state index in [0.29, 0.717) is 11.4 Å². The molecule has 0 radical (unpaired) electrons. The molecule has 3 aromatic rings. The van der Waals surface area contributed by atoms with Gasteiger partial charge >= 0.3 is 0 Å². The van der Waals surface area contributed by atoms with Gasteiger partial charge in [0.2, 0.25) is 5.91 Å². The van der Waals surface area contributed by atoms with Crippen molar-refractivity contribution in [1.29, 1.82) is 0 Å². The Morgan fingerprint density at radius 3 is 2.74 bits per heavy atom. The Balaban J connectivity index is 1.64. The molecule has 0 atom stereocenters. The summed E-state index contributed by atoms with van der Waals surface area (Å²) < 4.78 is 2.49. The van der Waals surface area contributed by atoms with Gasteiger partial charge in [0.1, 0.15) is 5.69 Å². The first kappa shape index (κ1) is 18.6. The van der Waals surface area contributed by atoms with E-state index in [1.54, 1.807) is 47.4 Å². The van der Waals surface area contributed by atoms with E-state index in [1.807, 2.05) is 12.1 Å². The predicted octanol–water partition coefficient (Wildman–Crippen LogP) is 3.98. The summed E-state index contributed by atoms with van der Waals surface area (Å²) in [6.07, 6.45) is 3.59. The minimum absolute atomic E-state index is 0.0223. The molecule has 27 heavy (non-hydrogen) atoms. The first-order chi connectivity index (χ1) is 13.0. The highest BCUT2D eigenvalue weighted by molar-refractivity contribution is 9.10. The lowest BCUT2D eigenvalue weighted by Gasteiger charge is -2.12. The second-order valence-corrected chi connectivity index (χ2v) is 6.53. The van der Waals surface area contributed by atoms with Crippen LogP contribution >= 0.6 is 15.9 Å². The Morgan fingerprint density at radius 2 is 2.00 bits per heavy atom. The van der Waals surface area contributed by atoms with Gasteiger partial charge in [-0.2, -0.15) is 5.10 Å². The molecule has 0 aliphatic rings. The minimum atomic E-state index is -0.458. The van der Waals surface area contributed by atoms with E-state index in [2.05, 4.69) is 31.7 Å². The van der Waals surface area contributed by atoms with Crippen molar-refractivity contribution < 1.29 is 9.72 Å². The van der Waals surface area contributed by atoms with Crippen LogP contribution in [-0.4, -0.2) is 27.2 Å². The maximum Gasteiger partial charge on any atom is 0.292 e. The van der Waals surface area contributed by atoms with Crippen LogP contribution in [0.1, 0.15) is 6.42 Å². The van der Waals surface area contributed by atoms with Gasteiger partial charge in [-0.05, 0) is 30.3 Å². The van der Waals surface area contributed by atoms with E-state index >= 15 is 0 Å². The van der Waals surface area contributed by atoms with Crippen LogP contribution in [0, 0.1) is 10.1 Å². The van der Waals surface area contributed by atoms with Crippen LogP contribution in [0.15, 0.2) is 65.4 Å². The van der Waals surface area contributed by atoms with Gasteiger partial charge in [0.25, 0.3) is 5.69 Å². The highest BCUT2D eigenvalue weighted by Crippen LogP contribution is 2.25. The Bertz CT molecular complexity index is 959. The van der Waals surface area contributed by atoms with Gasteiger partial charge in [0.15, 0.2) is 0 Å². The Morgan fingerprint density at radius 1 is 1.19 bits per heavy atom. The van der Waals surface area contributed by atoms with Crippen LogP contribution in [0.5, 0.6) is 0 Å². The smallest absolute Gasteiger partial charge is 0.292 e. The number of aromatic nitrogens is 2. The summed E-state index contributed by atoms with van der Waals surface area (Å²) in [5.41, 5.74) is 1.72. The number of rotatable bonds is 7. The lowest BCUT2D eigenvalue weighted by Crippen LogP contribution is -2.17. The van der Waals surface area contributed by atoms with Crippen molar-refractivity contribution in [2.24, 2.45) is 0 Å². The van der Waals surface area contributed by atoms with Crippen LogP contribution in [0.2, 0.25) is 0 Å². The first-order valence-electron chi connectivity index (χ1n) is 8.11. The zero-order chi connectivity index (χ0) is 19.2. The quantitative estimate of drug-likeness (QED) is 0.436. The molecule has 138 valence electrons. The average Bonchev–Trinajstić information content (AvgIpc) is 3.16. The Hall–Kier alpha value is -3.20. The molecule has 0 spiro atoms. The number of anilines is 2. The molecule has 1 amide bonds. The lowest BCUT2D eigenvalue weighted by atomic mass is 10.2. The van der Waals surface area contributed by atoms with Gasteiger partial charge in [-0.25, -0.2) is 4.68 Å². The number of nitro benzene ring substituents is 1. The van der Waals surface area contributed by atoms with Crippen molar-refractivity contribution >= 4 is 38.9 Å². The number of hydrogen-bond acceptors (Lipinski definition) is 5. The van der Waals surface area contributed by atoms with Gasteiger partial charge in [0.05, 0.1) is 16.3 Å². The summed E-state index contributed by atoms with van der Waals surface area (Å²) in [6, 6.07) is 13.6. The zero-order valence-corrected chi connectivity index (χ0v) is 15.7. The molecular weight excluding hydrogens is 414 g/mol. The van der Waals surface area contributed by atoms with Gasteiger partial charge in [-0.3, -0.25) is 14.9 Å². The van der Waals surface area contributed by atoms with E-state index in [1.165, 1.54) is 6.07 Å². The van der Waals surface area contributed by atoms with Crippen LogP contribution in [0.25, 0.3) is 5.69 Å².